The predicted molar refractivity (Wildman–Crippen MR) is 121 cm³/mol. The fourth-order valence-electron chi connectivity index (χ4n) is 3.27. The number of nitrogens with two attached hydrogens (primary N) is 1. The van der Waals surface area contributed by atoms with Gasteiger partial charge in [0.05, 0.1) is 22.2 Å². The third-order valence-electron chi connectivity index (χ3n) is 4.63. The number of hydrogen-bond donors (Lipinski definition) is 1. The van der Waals surface area contributed by atoms with Crippen molar-refractivity contribution in [1.82, 2.24) is 29.5 Å². The van der Waals surface area contributed by atoms with Crippen LogP contribution in [0.1, 0.15) is 29.3 Å². The summed E-state index contributed by atoms with van der Waals surface area (Å²) in [7, 11) is 3.75. The molecular weight excluding hydrogens is 396 g/mol. The second-order valence-electron chi connectivity index (χ2n) is 7.34. The lowest BCUT2D eigenvalue weighted by molar-refractivity contribution is 0.785. The first-order valence-corrected chi connectivity index (χ1v) is 10.5. The Bertz CT molecular complexity index is 1200. The maximum atomic E-state index is 5.91. The summed E-state index contributed by atoms with van der Waals surface area (Å²) >= 11 is 1.55. The second-order valence-corrected chi connectivity index (χ2v) is 8.65. The normalized spacial score (nSPS) is 12.3. The van der Waals surface area contributed by atoms with Gasteiger partial charge in [0.15, 0.2) is 5.16 Å². The maximum absolute atomic E-state index is 5.91. The first kappa shape index (κ1) is 20.1. The Morgan fingerprint density at radius 1 is 1.03 bits per heavy atom. The molecule has 2 N–H and O–H groups in total. The van der Waals surface area contributed by atoms with Gasteiger partial charge in [0.1, 0.15) is 5.82 Å². The fourth-order valence-corrected chi connectivity index (χ4v) is 4.17. The van der Waals surface area contributed by atoms with Gasteiger partial charge in [0.2, 0.25) is 11.9 Å². The van der Waals surface area contributed by atoms with E-state index in [2.05, 4.69) is 40.1 Å². The Balaban J connectivity index is 1.80. The molecule has 1 aromatic carbocycles. The van der Waals surface area contributed by atoms with E-state index in [1.807, 2.05) is 55.6 Å². The molecule has 0 aliphatic carbocycles. The van der Waals surface area contributed by atoms with Crippen LogP contribution in [0.4, 0.5) is 11.9 Å². The number of hydrogen-bond acceptors (Lipinski definition) is 8. The standard InChI is InChI=1S/C21H24N8S/c1-12-11-13(2)27-29-17(12)16(15-9-7-6-8-10-15)23-21(29)30-14(3)18-24-19(22)26-20(25-18)28(4)5/h6-11,14H,1-5H3,(H2,22,24,25,26)/t14-/m0/s1. The molecule has 0 bridgehead atoms. The summed E-state index contributed by atoms with van der Waals surface area (Å²) < 4.78 is 1.92. The van der Waals surface area contributed by atoms with Crippen LogP contribution in [0.15, 0.2) is 41.6 Å². The molecule has 0 unspecified atom stereocenters. The monoisotopic (exact) mass is 420 g/mol. The Kier molecular flexibility index (Phi) is 5.29. The number of fused-ring (bicyclic) bond motifs is 1. The van der Waals surface area contributed by atoms with E-state index in [0.717, 1.165) is 33.2 Å². The number of benzene rings is 1. The molecule has 1 atom stereocenters. The highest BCUT2D eigenvalue weighted by atomic mass is 32.2. The van der Waals surface area contributed by atoms with Gasteiger partial charge in [-0.05, 0) is 32.4 Å². The minimum atomic E-state index is -0.0918. The van der Waals surface area contributed by atoms with E-state index in [9.17, 15) is 0 Å². The number of rotatable bonds is 5. The van der Waals surface area contributed by atoms with E-state index in [1.165, 1.54) is 0 Å². The summed E-state index contributed by atoms with van der Waals surface area (Å²) in [6, 6.07) is 12.2. The zero-order valence-electron chi connectivity index (χ0n) is 17.7. The van der Waals surface area contributed by atoms with Crippen LogP contribution in [0.25, 0.3) is 16.8 Å². The van der Waals surface area contributed by atoms with Crippen LogP contribution in [-0.2, 0) is 0 Å². The lowest BCUT2D eigenvalue weighted by Crippen LogP contribution is -2.16. The van der Waals surface area contributed by atoms with Gasteiger partial charge >= 0.3 is 0 Å². The predicted octanol–water partition coefficient (Wildman–Crippen LogP) is 3.70. The number of nitrogen functional groups attached to an aromatic ring is 1. The Labute approximate surface area is 179 Å². The first-order valence-electron chi connectivity index (χ1n) is 9.61. The first-order chi connectivity index (χ1) is 14.3. The highest BCUT2D eigenvalue weighted by Crippen LogP contribution is 2.37. The van der Waals surface area contributed by atoms with E-state index in [4.69, 9.17) is 15.8 Å². The van der Waals surface area contributed by atoms with Gasteiger partial charge in [0.25, 0.3) is 0 Å². The van der Waals surface area contributed by atoms with Crippen molar-refractivity contribution in [3.8, 4) is 11.3 Å². The van der Waals surface area contributed by atoms with Gasteiger partial charge in [-0.1, -0.05) is 42.1 Å². The molecule has 0 radical (unpaired) electrons. The molecule has 0 amide bonds. The van der Waals surface area contributed by atoms with Gasteiger partial charge < -0.3 is 10.6 Å². The van der Waals surface area contributed by atoms with E-state index in [0.29, 0.717) is 11.8 Å². The van der Waals surface area contributed by atoms with Gasteiger partial charge in [-0.25, -0.2) is 9.50 Å². The van der Waals surface area contributed by atoms with Crippen LogP contribution < -0.4 is 10.6 Å². The van der Waals surface area contributed by atoms with Crippen molar-refractivity contribution in [2.24, 2.45) is 0 Å². The molecule has 0 saturated carbocycles. The van der Waals surface area contributed by atoms with Crippen molar-refractivity contribution in [2.75, 3.05) is 24.7 Å². The van der Waals surface area contributed by atoms with Crippen LogP contribution >= 0.6 is 11.8 Å². The van der Waals surface area contributed by atoms with Crippen LogP contribution in [0.3, 0.4) is 0 Å². The van der Waals surface area contributed by atoms with Crippen LogP contribution in [-0.4, -0.2) is 43.6 Å². The smallest absolute Gasteiger partial charge is 0.229 e. The number of aromatic nitrogens is 6. The van der Waals surface area contributed by atoms with Crippen LogP contribution in [0.2, 0.25) is 0 Å². The van der Waals surface area contributed by atoms with E-state index < -0.39 is 0 Å². The summed E-state index contributed by atoms with van der Waals surface area (Å²) in [5.41, 5.74) is 11.0. The molecule has 3 heterocycles. The second kappa shape index (κ2) is 7.91. The summed E-state index contributed by atoms with van der Waals surface area (Å²) in [6.45, 7) is 6.11. The quantitative estimate of drug-likeness (QED) is 0.488. The lowest BCUT2D eigenvalue weighted by Gasteiger charge is -2.14. The maximum Gasteiger partial charge on any atom is 0.229 e. The van der Waals surface area contributed by atoms with Crippen LogP contribution in [0.5, 0.6) is 0 Å². The SMILES string of the molecule is Cc1cc(C)c2c(-c3ccccc3)nc(S[C@@H](C)c3nc(N)nc(N(C)C)n3)n2n1. The van der Waals surface area contributed by atoms with Gasteiger partial charge in [-0.2, -0.15) is 20.1 Å². The molecule has 8 nitrogen and oxygen atoms in total. The summed E-state index contributed by atoms with van der Waals surface area (Å²) in [6.07, 6.45) is 0. The molecule has 4 rings (SSSR count). The molecular formula is C21H24N8S. The molecule has 4 aromatic rings. The number of thioether (sulfide) groups is 1. The van der Waals surface area contributed by atoms with Gasteiger partial charge in [-0.3, -0.25) is 0 Å². The van der Waals surface area contributed by atoms with Crippen LogP contribution in [0, 0.1) is 13.8 Å². The van der Waals surface area contributed by atoms with Crippen molar-refractivity contribution in [1.29, 1.82) is 0 Å². The largest absolute Gasteiger partial charge is 0.368 e. The van der Waals surface area contributed by atoms with Gasteiger partial charge in [0, 0.05) is 19.7 Å². The molecule has 3 aromatic heterocycles. The molecule has 0 aliphatic rings. The number of anilines is 2. The van der Waals surface area contributed by atoms with Crippen molar-refractivity contribution in [3.05, 3.63) is 53.5 Å². The summed E-state index contributed by atoms with van der Waals surface area (Å²) in [4.78, 5) is 19.8. The Morgan fingerprint density at radius 3 is 2.47 bits per heavy atom. The van der Waals surface area contributed by atoms with E-state index >= 15 is 0 Å². The number of imidazole rings is 1. The highest BCUT2D eigenvalue weighted by molar-refractivity contribution is 7.99. The number of nitrogens with zero attached hydrogens (tertiary/aromatic N) is 7. The van der Waals surface area contributed by atoms with Crippen molar-refractivity contribution in [3.63, 3.8) is 0 Å². The molecule has 0 fully saturated rings. The molecule has 0 saturated heterocycles. The van der Waals surface area contributed by atoms with Crippen molar-refractivity contribution < 1.29 is 0 Å². The van der Waals surface area contributed by atoms with Crippen molar-refractivity contribution in [2.45, 2.75) is 31.2 Å². The minimum absolute atomic E-state index is 0.0918. The molecule has 154 valence electrons. The third kappa shape index (κ3) is 3.80. The fraction of sp³-hybridized carbons (Fsp3) is 0.286. The third-order valence-corrected chi connectivity index (χ3v) is 5.67. The molecule has 30 heavy (non-hydrogen) atoms. The van der Waals surface area contributed by atoms with E-state index in [1.54, 1.807) is 11.8 Å². The molecule has 0 spiro atoms. The average Bonchev–Trinajstić information content (AvgIpc) is 3.06. The zero-order chi connectivity index (χ0) is 21.4. The molecule has 0 aliphatic heterocycles. The highest BCUT2D eigenvalue weighted by Gasteiger charge is 2.21. The van der Waals surface area contributed by atoms with Crippen molar-refractivity contribution >= 4 is 29.2 Å². The van der Waals surface area contributed by atoms with E-state index in [-0.39, 0.29) is 11.2 Å². The topological polar surface area (TPSA) is 98.1 Å². The number of aryl methyl sites for hydroxylation is 2. The van der Waals surface area contributed by atoms with Gasteiger partial charge in [-0.15, -0.1) is 0 Å². The molecule has 9 heteroatoms. The average molecular weight is 421 g/mol. The summed E-state index contributed by atoms with van der Waals surface area (Å²) in [5.74, 6) is 1.35. The Morgan fingerprint density at radius 2 is 1.77 bits per heavy atom. The Hall–Kier alpha value is -3.20. The lowest BCUT2D eigenvalue weighted by atomic mass is 10.1. The zero-order valence-corrected chi connectivity index (χ0v) is 18.5. The summed E-state index contributed by atoms with van der Waals surface area (Å²) in [5, 5.41) is 5.43. The minimum Gasteiger partial charge on any atom is -0.368 e.